The van der Waals surface area contributed by atoms with Crippen LogP contribution in [0.15, 0.2) is 97.1 Å². The second-order valence-corrected chi connectivity index (χ2v) is 9.85. The van der Waals surface area contributed by atoms with Crippen LogP contribution in [0.3, 0.4) is 0 Å². The van der Waals surface area contributed by atoms with Crippen LogP contribution in [-0.4, -0.2) is 0 Å². The molecule has 0 N–H and O–H groups in total. The molecule has 4 aromatic rings. The number of hydrogen-bond donors (Lipinski definition) is 0. The predicted molar refractivity (Wildman–Crippen MR) is 171 cm³/mol. The minimum Gasteiger partial charge on any atom is -0.428 e. The molecule has 34 heavy (non-hydrogen) atoms. The van der Waals surface area contributed by atoms with Gasteiger partial charge in [0.05, 0.1) is 0 Å². The van der Waals surface area contributed by atoms with Crippen LogP contribution < -0.4 is 9.20 Å². The van der Waals surface area contributed by atoms with Gasteiger partial charge in [0, 0.05) is 16.3 Å². The van der Waals surface area contributed by atoms with Gasteiger partial charge in [0.2, 0.25) is 0 Å². The lowest BCUT2D eigenvalue weighted by Crippen LogP contribution is -2.15. The van der Waals surface area contributed by atoms with Crippen molar-refractivity contribution in [3.05, 3.63) is 125 Å². The van der Waals surface area contributed by atoms with Crippen molar-refractivity contribution in [1.82, 2.24) is 0 Å². The van der Waals surface area contributed by atoms with Gasteiger partial charge in [-0.15, -0.1) is 0 Å². The summed E-state index contributed by atoms with van der Waals surface area (Å²) in [6.45, 7) is 0. The molecule has 0 aliphatic heterocycles. The highest BCUT2D eigenvalue weighted by Crippen LogP contribution is 2.44. The molecule has 0 spiro atoms. The zero-order valence-corrected chi connectivity index (χ0v) is 26.5. The molecule has 0 aliphatic carbocycles. The zero-order chi connectivity index (χ0) is 23.9. The fourth-order valence-electron chi connectivity index (χ4n) is 4.15. The van der Waals surface area contributed by atoms with Crippen molar-refractivity contribution in [2.45, 2.75) is 16.3 Å². The average Bonchev–Trinajstić information content (AvgIpc) is 2.92. The normalized spacial score (nSPS) is 11.8. The maximum absolute atomic E-state index is 5.41. The molecule has 0 aliphatic rings. The van der Waals surface area contributed by atoms with Crippen LogP contribution in [0.4, 0.5) is 0 Å². The van der Waals surface area contributed by atoms with E-state index in [0.717, 1.165) is 21.7 Å². The maximum atomic E-state index is 5.41. The van der Waals surface area contributed by atoms with Crippen LogP contribution in [0.25, 0.3) is 0 Å². The van der Waals surface area contributed by atoms with Crippen molar-refractivity contribution in [3.63, 3.8) is 0 Å². The maximum Gasteiger partial charge on any atom is 0.192 e. The van der Waals surface area contributed by atoms with Crippen LogP contribution >= 0.6 is 91.6 Å². The van der Waals surface area contributed by atoms with Gasteiger partial charge in [-0.1, -0.05) is 83.3 Å². The first-order valence-corrected chi connectivity index (χ1v) is 14.6. The Balaban J connectivity index is 1.90. The molecule has 4 rings (SSSR count). The quantitative estimate of drug-likeness (QED) is 0.124. The highest BCUT2D eigenvalue weighted by atomic mass is 127. The Labute approximate surface area is 256 Å². The van der Waals surface area contributed by atoms with E-state index >= 15 is 0 Å². The van der Waals surface area contributed by atoms with Crippen molar-refractivity contribution in [3.8, 4) is 17.2 Å². The molecule has 0 fully saturated rings. The number of benzene rings is 4. The molecule has 174 valence electrons. The first-order valence-electron chi connectivity index (χ1n) is 10.5. The zero-order valence-electron chi connectivity index (χ0n) is 17.8. The lowest BCUT2D eigenvalue weighted by Gasteiger charge is -2.30. The number of rotatable bonds is 9. The SMILES string of the molecule is ICc1ccc(C(c2ccc(OI)cc2)C(c2ccc(OI)cc2)c2ccc(OI)cc2)cc1. The van der Waals surface area contributed by atoms with Crippen LogP contribution in [0, 0.1) is 0 Å². The van der Waals surface area contributed by atoms with Crippen LogP contribution in [-0.2, 0) is 4.43 Å². The standard InChI is InChI=1S/C27H20I4O3/c28-17-18-1-3-19(4-2-18)26(20-5-11-23(32-29)12-6-20)27(21-7-13-24(33-30)14-8-21)22-9-15-25(34-31)16-10-22/h1-16,26-27H,17H2. The molecule has 0 saturated carbocycles. The molecule has 0 radical (unpaired) electrons. The van der Waals surface area contributed by atoms with E-state index in [1.165, 1.54) is 27.8 Å². The molecule has 0 amide bonds. The fraction of sp³-hybridized carbons (Fsp3) is 0.111. The van der Waals surface area contributed by atoms with E-state index in [-0.39, 0.29) is 11.8 Å². The number of hydrogen-bond acceptors (Lipinski definition) is 3. The van der Waals surface area contributed by atoms with Gasteiger partial charge in [0.25, 0.3) is 0 Å². The van der Waals surface area contributed by atoms with Gasteiger partial charge in [-0.2, -0.15) is 0 Å². The molecule has 0 heterocycles. The summed E-state index contributed by atoms with van der Waals surface area (Å²) in [5.41, 5.74) is 6.26. The molecular formula is C27H20I4O3. The molecule has 3 nitrogen and oxygen atoms in total. The first kappa shape index (κ1) is 26.3. The summed E-state index contributed by atoms with van der Waals surface area (Å²) in [7, 11) is 0. The Morgan fingerprint density at radius 2 is 0.706 bits per heavy atom. The molecular weight excluding hydrogens is 880 g/mol. The lowest BCUT2D eigenvalue weighted by molar-refractivity contribution is 0.677. The fourth-order valence-corrected chi connectivity index (χ4v) is 5.54. The molecule has 1 atom stereocenters. The van der Waals surface area contributed by atoms with E-state index in [1.54, 1.807) is 0 Å². The third kappa shape index (κ3) is 6.30. The van der Waals surface area contributed by atoms with Gasteiger partial charge < -0.3 is 9.20 Å². The highest BCUT2D eigenvalue weighted by Gasteiger charge is 2.28. The highest BCUT2D eigenvalue weighted by molar-refractivity contribution is 14.1. The van der Waals surface area contributed by atoms with Crippen LogP contribution in [0.1, 0.15) is 39.7 Å². The van der Waals surface area contributed by atoms with E-state index < -0.39 is 0 Å². The van der Waals surface area contributed by atoms with E-state index in [1.807, 2.05) is 105 Å². The third-order valence-electron chi connectivity index (χ3n) is 5.81. The molecule has 0 bridgehead atoms. The second kappa shape index (κ2) is 12.9. The molecule has 7 heteroatoms. The van der Waals surface area contributed by atoms with Crippen molar-refractivity contribution in [2.24, 2.45) is 0 Å². The van der Waals surface area contributed by atoms with Crippen LogP contribution in [0.5, 0.6) is 17.2 Å². The lowest BCUT2D eigenvalue weighted by atomic mass is 9.73. The largest absolute Gasteiger partial charge is 0.428 e. The average molecular weight is 900 g/mol. The van der Waals surface area contributed by atoms with Crippen molar-refractivity contribution >= 4 is 91.6 Å². The van der Waals surface area contributed by atoms with E-state index in [9.17, 15) is 0 Å². The Kier molecular flexibility index (Phi) is 10.0. The van der Waals surface area contributed by atoms with Gasteiger partial charge in [0.15, 0.2) is 69.0 Å². The Hall–Kier alpha value is -0.800. The van der Waals surface area contributed by atoms with Crippen molar-refractivity contribution in [2.75, 3.05) is 0 Å². The van der Waals surface area contributed by atoms with Gasteiger partial charge in [-0.25, -0.2) is 0 Å². The molecule has 0 saturated heterocycles. The van der Waals surface area contributed by atoms with Crippen molar-refractivity contribution < 1.29 is 9.20 Å². The van der Waals surface area contributed by atoms with E-state index in [2.05, 4.69) is 83.3 Å². The molecule has 4 aromatic carbocycles. The van der Waals surface area contributed by atoms with Gasteiger partial charge in [0.1, 0.15) is 17.2 Å². The van der Waals surface area contributed by atoms with Gasteiger partial charge in [-0.3, -0.25) is 0 Å². The van der Waals surface area contributed by atoms with Gasteiger partial charge in [-0.05, 0) is 64.2 Å². The Bertz CT molecular complexity index is 987. The predicted octanol–water partition coefficient (Wildman–Crippen LogP) is 9.77. The summed E-state index contributed by atoms with van der Waals surface area (Å²) in [4.78, 5) is 0. The summed E-state index contributed by atoms with van der Waals surface area (Å²) >= 11 is 8.17. The summed E-state index contributed by atoms with van der Waals surface area (Å²) in [6, 6.07) is 34.2. The first-order chi connectivity index (χ1) is 16.7. The minimum absolute atomic E-state index is 0.0864. The molecule has 1 unspecified atom stereocenters. The summed E-state index contributed by atoms with van der Waals surface area (Å²) in [5.74, 6) is 2.70. The van der Waals surface area contributed by atoms with E-state index in [0.29, 0.717) is 0 Å². The minimum atomic E-state index is 0.0864. The molecule has 0 aromatic heterocycles. The number of halogens is 4. The monoisotopic (exact) mass is 900 g/mol. The number of alkyl halides is 1. The smallest absolute Gasteiger partial charge is 0.192 e. The second-order valence-electron chi connectivity index (χ2n) is 7.77. The third-order valence-corrected chi connectivity index (χ3v) is 8.22. The summed E-state index contributed by atoms with van der Waals surface area (Å²) < 4.78 is 17.2. The van der Waals surface area contributed by atoms with Crippen LogP contribution in [0.2, 0.25) is 0 Å². The van der Waals surface area contributed by atoms with Crippen molar-refractivity contribution in [1.29, 1.82) is 0 Å². The summed E-state index contributed by atoms with van der Waals surface area (Å²) in [5, 5.41) is 0. The Morgan fingerprint density at radius 1 is 0.441 bits per heavy atom. The topological polar surface area (TPSA) is 27.7 Å². The van der Waals surface area contributed by atoms with E-state index in [4.69, 9.17) is 9.20 Å². The van der Waals surface area contributed by atoms with Gasteiger partial charge >= 0.3 is 0 Å². The summed E-state index contributed by atoms with van der Waals surface area (Å²) in [6.07, 6.45) is 0. The Morgan fingerprint density at radius 3 is 0.941 bits per heavy atom.